The van der Waals surface area contributed by atoms with E-state index in [1.165, 1.54) is 47.9 Å². The third kappa shape index (κ3) is 6.13. The van der Waals surface area contributed by atoms with Gasteiger partial charge in [0.05, 0.1) is 23.5 Å². The minimum absolute atomic E-state index is 0.0385. The summed E-state index contributed by atoms with van der Waals surface area (Å²) in [6.07, 6.45) is 4.81. The Morgan fingerprint density at radius 2 is 1.80 bits per heavy atom. The molecule has 5 rings (SSSR count). The predicted molar refractivity (Wildman–Crippen MR) is 145 cm³/mol. The third-order valence-corrected chi connectivity index (χ3v) is 9.10. The molecule has 2 heterocycles. The third-order valence-electron chi connectivity index (χ3n) is 7.94. The predicted octanol–water partition coefficient (Wildman–Crippen LogP) is 3.76. The van der Waals surface area contributed by atoms with E-state index in [-0.39, 0.29) is 23.5 Å². The minimum atomic E-state index is -4.06. The summed E-state index contributed by atoms with van der Waals surface area (Å²) in [6.45, 7) is 2.98. The zero-order valence-corrected chi connectivity index (χ0v) is 22.9. The molecule has 3 aliphatic rings. The van der Waals surface area contributed by atoms with Gasteiger partial charge in [0, 0.05) is 38.2 Å². The van der Waals surface area contributed by atoms with Crippen LogP contribution in [0.3, 0.4) is 0 Å². The number of anilines is 3. The summed E-state index contributed by atoms with van der Waals surface area (Å²) >= 11 is 0. The molecule has 40 heavy (non-hydrogen) atoms. The first-order valence-electron chi connectivity index (χ1n) is 13.3. The fraction of sp³-hybridized carbons (Fsp3) is 0.519. The molecule has 2 aromatic rings. The summed E-state index contributed by atoms with van der Waals surface area (Å²) in [4.78, 5) is 40.2. The van der Waals surface area contributed by atoms with Gasteiger partial charge in [0.2, 0.25) is 10.0 Å². The Bertz CT molecular complexity index is 1470. The molecule has 2 aliphatic carbocycles. The number of benzene rings is 1. The van der Waals surface area contributed by atoms with E-state index in [1.54, 1.807) is 13.0 Å². The van der Waals surface area contributed by atoms with Gasteiger partial charge in [-0.15, -0.1) is 0 Å². The molecule has 0 bridgehead atoms. The van der Waals surface area contributed by atoms with Crippen LogP contribution in [0.25, 0.3) is 0 Å². The van der Waals surface area contributed by atoms with Crippen LogP contribution in [0.5, 0.6) is 0 Å². The zero-order valence-electron chi connectivity index (χ0n) is 22.1. The Labute approximate surface area is 230 Å². The van der Waals surface area contributed by atoms with Crippen LogP contribution >= 0.6 is 0 Å². The number of nitrogens with zero attached hydrogens (tertiary/aromatic N) is 2. The standard InChI is InChI=1S/C27H32F2N4O6S/c1-2-39-23(34)17-40(37,38)31-18-5-6-20(22(14-18)32-12-9-26(7-8-26)10-13-32)24(35)30-21-4-3-11-33(25(21)36)19-15-27(28,29)16-19/h3-6,11,14,19,31H,2,7-10,12-13,15-17H2,1H3,(H,30,35). The molecule has 1 spiro atoms. The second-order valence-electron chi connectivity index (χ2n) is 10.9. The van der Waals surface area contributed by atoms with E-state index in [0.29, 0.717) is 24.2 Å². The molecular weight excluding hydrogens is 546 g/mol. The number of nitrogens with one attached hydrogen (secondary N) is 2. The van der Waals surface area contributed by atoms with Crippen molar-refractivity contribution in [3.8, 4) is 0 Å². The normalized spacial score (nSPS) is 19.5. The van der Waals surface area contributed by atoms with E-state index in [2.05, 4.69) is 10.0 Å². The number of ether oxygens (including phenoxy) is 1. The van der Waals surface area contributed by atoms with Gasteiger partial charge in [-0.05, 0) is 68.4 Å². The molecule has 3 fully saturated rings. The van der Waals surface area contributed by atoms with Gasteiger partial charge in [0.1, 0.15) is 5.69 Å². The number of carbonyl (C=O) groups is 2. The van der Waals surface area contributed by atoms with E-state index in [9.17, 15) is 31.6 Å². The van der Waals surface area contributed by atoms with Crippen molar-refractivity contribution in [2.24, 2.45) is 5.41 Å². The van der Waals surface area contributed by atoms with E-state index in [4.69, 9.17) is 4.74 Å². The summed E-state index contributed by atoms with van der Waals surface area (Å²) in [5, 5.41) is 2.62. The lowest BCUT2D eigenvalue weighted by atomic mass is 9.88. The summed E-state index contributed by atoms with van der Waals surface area (Å²) in [6, 6.07) is 6.72. The highest BCUT2D eigenvalue weighted by Gasteiger charge is 2.47. The molecule has 1 aromatic carbocycles. The van der Waals surface area contributed by atoms with Crippen molar-refractivity contribution in [3.05, 3.63) is 52.4 Å². The lowest BCUT2D eigenvalue weighted by molar-refractivity contribution is -0.139. The minimum Gasteiger partial charge on any atom is -0.465 e. The number of sulfonamides is 1. The molecule has 1 saturated heterocycles. The second kappa shape index (κ2) is 10.5. The van der Waals surface area contributed by atoms with Gasteiger partial charge < -0.3 is 19.5 Å². The quantitative estimate of drug-likeness (QED) is 0.434. The van der Waals surface area contributed by atoms with E-state index in [1.807, 2.05) is 4.90 Å². The van der Waals surface area contributed by atoms with Gasteiger partial charge in [-0.25, -0.2) is 17.2 Å². The van der Waals surface area contributed by atoms with Crippen LogP contribution in [0, 0.1) is 5.41 Å². The fourth-order valence-electron chi connectivity index (χ4n) is 5.43. The summed E-state index contributed by atoms with van der Waals surface area (Å²) in [5.74, 6) is -5.11. The molecule has 10 nitrogen and oxygen atoms in total. The van der Waals surface area contributed by atoms with Crippen LogP contribution in [0.4, 0.5) is 25.8 Å². The molecule has 216 valence electrons. The second-order valence-corrected chi connectivity index (χ2v) is 12.6. The van der Waals surface area contributed by atoms with Gasteiger partial charge in [0.15, 0.2) is 5.75 Å². The maximum atomic E-state index is 13.4. The molecule has 13 heteroatoms. The fourth-order valence-corrected chi connectivity index (χ4v) is 6.38. The van der Waals surface area contributed by atoms with Crippen molar-refractivity contribution in [2.75, 3.05) is 40.4 Å². The van der Waals surface area contributed by atoms with Gasteiger partial charge >= 0.3 is 5.97 Å². The number of pyridine rings is 1. The highest BCUT2D eigenvalue weighted by atomic mass is 32.2. The number of hydrogen-bond donors (Lipinski definition) is 2. The number of amides is 1. The van der Waals surface area contributed by atoms with Gasteiger partial charge in [-0.1, -0.05) is 0 Å². The van der Waals surface area contributed by atoms with Gasteiger partial charge in [-0.3, -0.25) is 19.1 Å². The summed E-state index contributed by atoms with van der Waals surface area (Å²) in [5.41, 5.74) is 0.628. The smallest absolute Gasteiger partial charge is 0.323 e. The number of halogens is 2. The van der Waals surface area contributed by atoms with Gasteiger partial charge in [-0.2, -0.15) is 0 Å². The lowest BCUT2D eigenvalue weighted by Crippen LogP contribution is -2.41. The Kier molecular flexibility index (Phi) is 7.36. The van der Waals surface area contributed by atoms with Crippen molar-refractivity contribution in [3.63, 3.8) is 0 Å². The van der Waals surface area contributed by atoms with Gasteiger partial charge in [0.25, 0.3) is 17.4 Å². The molecular formula is C27H32F2N4O6S. The molecule has 2 saturated carbocycles. The largest absolute Gasteiger partial charge is 0.465 e. The molecule has 1 aliphatic heterocycles. The average Bonchev–Trinajstić information content (AvgIpc) is 3.62. The maximum absolute atomic E-state index is 13.4. The molecule has 0 atom stereocenters. The molecule has 1 amide bonds. The summed E-state index contributed by atoms with van der Waals surface area (Å²) < 4.78 is 60.2. The van der Waals surface area contributed by atoms with E-state index in [0.717, 1.165) is 12.8 Å². The molecule has 0 unspecified atom stereocenters. The lowest BCUT2D eigenvalue weighted by Gasteiger charge is -2.36. The highest BCUT2D eigenvalue weighted by Crippen LogP contribution is 2.54. The van der Waals surface area contributed by atoms with Crippen molar-refractivity contribution in [2.45, 2.75) is 57.4 Å². The van der Waals surface area contributed by atoms with Crippen molar-refractivity contribution >= 4 is 39.0 Å². The van der Waals surface area contributed by atoms with E-state index < -0.39 is 58.0 Å². The van der Waals surface area contributed by atoms with E-state index >= 15 is 0 Å². The van der Waals surface area contributed by atoms with Crippen LogP contribution in [0.15, 0.2) is 41.3 Å². The number of aromatic nitrogens is 1. The number of alkyl halides is 2. The maximum Gasteiger partial charge on any atom is 0.323 e. The average molecular weight is 579 g/mol. The van der Waals surface area contributed by atoms with Crippen LogP contribution in [-0.2, 0) is 19.6 Å². The van der Waals surface area contributed by atoms with Crippen LogP contribution in [0.1, 0.15) is 61.8 Å². The number of carbonyl (C=O) groups excluding carboxylic acids is 2. The first-order chi connectivity index (χ1) is 18.9. The number of esters is 1. The Hall–Kier alpha value is -3.48. The number of rotatable bonds is 9. The SMILES string of the molecule is CCOC(=O)CS(=O)(=O)Nc1ccc(C(=O)Nc2cccn(C3CC(F)(F)C3)c2=O)c(N2CCC3(CC2)CC3)c1. The first-order valence-corrected chi connectivity index (χ1v) is 15.0. The Morgan fingerprint density at radius 3 is 2.42 bits per heavy atom. The molecule has 1 aromatic heterocycles. The zero-order chi connectivity index (χ0) is 28.7. The van der Waals surface area contributed by atoms with Crippen LogP contribution < -0.4 is 20.5 Å². The topological polar surface area (TPSA) is 127 Å². The van der Waals surface area contributed by atoms with Crippen LogP contribution in [-0.4, -0.2) is 56.2 Å². The number of hydrogen-bond acceptors (Lipinski definition) is 7. The molecule has 2 N–H and O–H groups in total. The van der Waals surface area contributed by atoms with Crippen molar-refractivity contribution in [1.82, 2.24) is 4.57 Å². The monoisotopic (exact) mass is 578 g/mol. The Balaban J connectivity index is 1.39. The highest BCUT2D eigenvalue weighted by molar-refractivity contribution is 7.93. The van der Waals surface area contributed by atoms with Crippen molar-refractivity contribution < 1.29 is 31.5 Å². The number of piperidine rings is 1. The first kappa shape index (κ1) is 28.1. The van der Waals surface area contributed by atoms with Crippen molar-refractivity contribution in [1.29, 1.82) is 0 Å². The molecule has 0 radical (unpaired) electrons. The van der Waals surface area contributed by atoms with Crippen LogP contribution in [0.2, 0.25) is 0 Å². The Morgan fingerprint density at radius 1 is 1.10 bits per heavy atom. The summed E-state index contributed by atoms with van der Waals surface area (Å²) in [7, 11) is -4.06.